The SMILES string of the molecule is CC1=C(C)C2C(=O)N=C(CSCC(=O)NCc3cccnc3)N=C2S1. The number of hydrogen-bond donors (Lipinski definition) is 1. The first-order valence-electron chi connectivity index (χ1n) is 7.83. The van der Waals surface area contributed by atoms with Crippen molar-refractivity contribution >= 4 is 46.2 Å². The van der Waals surface area contributed by atoms with Crippen LogP contribution in [0.3, 0.4) is 0 Å². The molecule has 0 radical (unpaired) electrons. The Hall–Kier alpha value is -1.93. The molecule has 1 aromatic rings. The van der Waals surface area contributed by atoms with Crippen molar-refractivity contribution in [3.05, 3.63) is 40.6 Å². The maximum atomic E-state index is 12.2. The van der Waals surface area contributed by atoms with Crippen LogP contribution in [0.4, 0.5) is 0 Å². The summed E-state index contributed by atoms with van der Waals surface area (Å²) < 4.78 is 0. The Kier molecular flexibility index (Phi) is 5.70. The number of fused-ring (bicyclic) bond motifs is 1. The summed E-state index contributed by atoms with van der Waals surface area (Å²) in [5.41, 5.74) is 2.00. The summed E-state index contributed by atoms with van der Waals surface area (Å²) in [6.45, 7) is 4.40. The Labute approximate surface area is 154 Å². The van der Waals surface area contributed by atoms with E-state index in [-0.39, 0.29) is 17.7 Å². The highest BCUT2D eigenvalue weighted by atomic mass is 32.2. The average molecular weight is 374 g/mol. The molecule has 0 aliphatic carbocycles. The molecule has 2 aliphatic rings. The number of aliphatic imine (C=N–C) groups is 2. The number of carbonyl (C=O) groups is 2. The quantitative estimate of drug-likeness (QED) is 0.827. The first-order valence-corrected chi connectivity index (χ1v) is 9.80. The molecule has 1 unspecified atom stereocenters. The molecule has 0 fully saturated rings. The third kappa shape index (κ3) is 4.38. The number of amides is 2. The van der Waals surface area contributed by atoms with Crippen LogP contribution in [0.15, 0.2) is 45.0 Å². The summed E-state index contributed by atoms with van der Waals surface area (Å²) in [5.74, 6) is 0.735. The molecule has 0 spiro atoms. The van der Waals surface area contributed by atoms with Crippen LogP contribution in [0.2, 0.25) is 0 Å². The van der Waals surface area contributed by atoms with Crippen molar-refractivity contribution in [1.29, 1.82) is 0 Å². The minimum absolute atomic E-state index is 0.0642. The monoisotopic (exact) mass is 374 g/mol. The van der Waals surface area contributed by atoms with Crippen LogP contribution >= 0.6 is 23.5 Å². The van der Waals surface area contributed by atoms with Gasteiger partial charge in [0.1, 0.15) is 11.8 Å². The van der Waals surface area contributed by atoms with E-state index in [1.807, 2.05) is 26.0 Å². The van der Waals surface area contributed by atoms with Gasteiger partial charge in [0.15, 0.2) is 0 Å². The van der Waals surface area contributed by atoms with E-state index in [2.05, 4.69) is 20.3 Å². The topological polar surface area (TPSA) is 83.8 Å². The molecule has 6 nitrogen and oxygen atoms in total. The number of nitrogens with one attached hydrogen (secondary N) is 1. The Bertz CT molecular complexity index is 787. The zero-order chi connectivity index (χ0) is 17.8. The fraction of sp³-hybridized carbons (Fsp3) is 0.353. The Morgan fingerprint density at radius 2 is 2.20 bits per heavy atom. The lowest BCUT2D eigenvalue weighted by Crippen LogP contribution is -2.27. The maximum Gasteiger partial charge on any atom is 0.261 e. The van der Waals surface area contributed by atoms with Crippen molar-refractivity contribution in [2.24, 2.45) is 15.9 Å². The number of rotatable bonds is 6. The van der Waals surface area contributed by atoms with Gasteiger partial charge in [-0.25, -0.2) is 4.99 Å². The van der Waals surface area contributed by atoms with Gasteiger partial charge in [-0.3, -0.25) is 14.6 Å². The van der Waals surface area contributed by atoms with Crippen molar-refractivity contribution in [3.63, 3.8) is 0 Å². The third-order valence-corrected chi connectivity index (χ3v) is 5.99. The highest BCUT2D eigenvalue weighted by Gasteiger charge is 2.36. The Balaban J connectivity index is 1.45. The molecule has 0 saturated carbocycles. The summed E-state index contributed by atoms with van der Waals surface area (Å²) in [7, 11) is 0. The molecular formula is C17H18N4O2S2. The molecule has 3 rings (SSSR count). The molecule has 1 N–H and O–H groups in total. The minimum atomic E-state index is -0.290. The van der Waals surface area contributed by atoms with Gasteiger partial charge in [-0.15, -0.1) is 11.8 Å². The molecule has 130 valence electrons. The van der Waals surface area contributed by atoms with Crippen LogP contribution in [0.25, 0.3) is 0 Å². The third-order valence-electron chi connectivity index (χ3n) is 3.90. The lowest BCUT2D eigenvalue weighted by Gasteiger charge is -2.14. The molecule has 0 bridgehead atoms. The number of amidine groups is 1. The lowest BCUT2D eigenvalue weighted by molar-refractivity contribution is -0.119. The van der Waals surface area contributed by atoms with Crippen molar-refractivity contribution in [2.75, 3.05) is 11.5 Å². The lowest BCUT2D eigenvalue weighted by atomic mass is 10.0. The number of hydrogen-bond acceptors (Lipinski definition) is 6. The number of allylic oxidation sites excluding steroid dienone is 1. The van der Waals surface area contributed by atoms with E-state index in [0.717, 1.165) is 21.1 Å². The fourth-order valence-corrected chi connectivity index (χ4v) is 4.30. The largest absolute Gasteiger partial charge is 0.351 e. The zero-order valence-corrected chi connectivity index (χ0v) is 15.6. The van der Waals surface area contributed by atoms with Crippen molar-refractivity contribution in [1.82, 2.24) is 10.3 Å². The fourth-order valence-electron chi connectivity index (χ4n) is 2.46. The number of pyridine rings is 1. The maximum absolute atomic E-state index is 12.2. The number of nitrogens with zero attached hydrogens (tertiary/aromatic N) is 3. The highest BCUT2D eigenvalue weighted by Crippen LogP contribution is 2.40. The summed E-state index contributed by atoms with van der Waals surface area (Å²) in [6.07, 6.45) is 3.42. The predicted octanol–water partition coefficient (Wildman–Crippen LogP) is 2.43. The van der Waals surface area contributed by atoms with Crippen molar-refractivity contribution < 1.29 is 9.59 Å². The van der Waals surface area contributed by atoms with Gasteiger partial charge in [0.25, 0.3) is 5.91 Å². The van der Waals surface area contributed by atoms with E-state index < -0.39 is 0 Å². The first kappa shape index (κ1) is 17.9. The molecule has 8 heteroatoms. The highest BCUT2D eigenvalue weighted by molar-refractivity contribution is 8.17. The van der Waals surface area contributed by atoms with Gasteiger partial charge < -0.3 is 5.32 Å². The van der Waals surface area contributed by atoms with E-state index in [4.69, 9.17) is 0 Å². The molecule has 1 atom stereocenters. The molecular weight excluding hydrogens is 356 g/mol. The van der Waals surface area contributed by atoms with Crippen molar-refractivity contribution in [3.8, 4) is 0 Å². The molecule has 1 aromatic heterocycles. The van der Waals surface area contributed by atoms with Crippen LogP contribution in [0.5, 0.6) is 0 Å². The molecule has 0 aromatic carbocycles. The van der Waals surface area contributed by atoms with E-state index in [1.54, 1.807) is 24.2 Å². The standard InChI is InChI=1S/C17H18N4O2S2/c1-10-11(2)25-17-15(10)16(23)20-13(21-17)8-24-9-14(22)19-7-12-4-3-5-18-6-12/h3-6,15H,7-9H2,1-2H3,(H,19,22). The summed E-state index contributed by atoms with van der Waals surface area (Å²) in [4.78, 5) is 37.8. The van der Waals surface area contributed by atoms with Gasteiger partial charge in [-0.1, -0.05) is 17.8 Å². The predicted molar refractivity (Wildman–Crippen MR) is 103 cm³/mol. The molecule has 0 saturated heterocycles. The molecule has 2 aliphatic heterocycles. The van der Waals surface area contributed by atoms with Gasteiger partial charge in [-0.05, 0) is 36.0 Å². The van der Waals surface area contributed by atoms with E-state index in [1.165, 1.54) is 11.8 Å². The first-order chi connectivity index (χ1) is 12.0. The van der Waals surface area contributed by atoms with Gasteiger partial charge in [-0.2, -0.15) is 4.99 Å². The van der Waals surface area contributed by atoms with Crippen LogP contribution in [-0.4, -0.2) is 39.2 Å². The van der Waals surface area contributed by atoms with E-state index in [0.29, 0.717) is 23.9 Å². The second-order valence-electron chi connectivity index (χ2n) is 5.72. The van der Waals surface area contributed by atoms with Crippen LogP contribution in [-0.2, 0) is 16.1 Å². The van der Waals surface area contributed by atoms with E-state index in [9.17, 15) is 9.59 Å². The molecule has 25 heavy (non-hydrogen) atoms. The number of carbonyl (C=O) groups excluding carboxylic acids is 2. The number of thioether (sulfide) groups is 2. The number of aromatic nitrogens is 1. The normalized spacial score (nSPS) is 19.4. The van der Waals surface area contributed by atoms with Gasteiger partial charge in [0.05, 0.1) is 16.5 Å². The van der Waals surface area contributed by atoms with Gasteiger partial charge in [0, 0.05) is 18.9 Å². The Morgan fingerprint density at radius 1 is 1.36 bits per heavy atom. The summed E-state index contributed by atoms with van der Waals surface area (Å²) in [5, 5.41) is 3.65. The zero-order valence-electron chi connectivity index (χ0n) is 14.0. The van der Waals surface area contributed by atoms with Gasteiger partial charge >= 0.3 is 0 Å². The summed E-state index contributed by atoms with van der Waals surface area (Å²) >= 11 is 2.94. The van der Waals surface area contributed by atoms with Gasteiger partial charge in [0.2, 0.25) is 5.91 Å². The van der Waals surface area contributed by atoms with Crippen LogP contribution < -0.4 is 5.32 Å². The second kappa shape index (κ2) is 7.97. The summed E-state index contributed by atoms with van der Waals surface area (Å²) in [6, 6.07) is 3.74. The van der Waals surface area contributed by atoms with Crippen molar-refractivity contribution in [2.45, 2.75) is 20.4 Å². The Morgan fingerprint density at radius 3 is 2.96 bits per heavy atom. The average Bonchev–Trinajstić information content (AvgIpc) is 2.88. The smallest absolute Gasteiger partial charge is 0.261 e. The molecule has 2 amide bonds. The minimum Gasteiger partial charge on any atom is -0.351 e. The molecule has 3 heterocycles. The van der Waals surface area contributed by atoms with E-state index >= 15 is 0 Å². The van der Waals surface area contributed by atoms with Crippen LogP contribution in [0.1, 0.15) is 19.4 Å². The van der Waals surface area contributed by atoms with Crippen LogP contribution in [0, 0.1) is 5.92 Å². The second-order valence-corrected chi connectivity index (χ2v) is 7.94.